The molecule has 3 rings (SSSR count). The van der Waals surface area contributed by atoms with E-state index in [-0.39, 0.29) is 18.0 Å². The van der Waals surface area contributed by atoms with Gasteiger partial charge >= 0.3 is 5.97 Å². The molecular formula is C15H20O2. The van der Waals surface area contributed by atoms with Gasteiger partial charge in [-0.05, 0) is 50.0 Å². The minimum Gasteiger partial charge on any atom is -0.454 e. The number of carbonyl (C=O) groups is 1. The Morgan fingerprint density at radius 1 is 1.24 bits per heavy atom. The fourth-order valence-electron chi connectivity index (χ4n) is 3.89. The molecule has 0 unspecified atom stereocenters. The van der Waals surface area contributed by atoms with Crippen molar-refractivity contribution in [3.63, 3.8) is 0 Å². The van der Waals surface area contributed by atoms with E-state index in [1.807, 2.05) is 0 Å². The summed E-state index contributed by atoms with van der Waals surface area (Å²) in [6, 6.07) is 0. The van der Waals surface area contributed by atoms with Gasteiger partial charge in [0.1, 0.15) is 6.10 Å². The van der Waals surface area contributed by atoms with Gasteiger partial charge in [-0.1, -0.05) is 19.1 Å². The first-order valence-electron chi connectivity index (χ1n) is 6.69. The van der Waals surface area contributed by atoms with Crippen molar-refractivity contribution >= 4 is 5.97 Å². The van der Waals surface area contributed by atoms with Crippen LogP contribution in [-0.4, -0.2) is 12.1 Å². The van der Waals surface area contributed by atoms with E-state index in [2.05, 4.69) is 20.4 Å². The molecule has 1 saturated carbocycles. The van der Waals surface area contributed by atoms with Gasteiger partial charge in [0.05, 0.1) is 0 Å². The molecule has 4 atom stereocenters. The Morgan fingerprint density at radius 3 is 2.76 bits per heavy atom. The average molecular weight is 232 g/mol. The predicted octanol–water partition coefficient (Wildman–Crippen LogP) is 3.24. The van der Waals surface area contributed by atoms with E-state index in [1.54, 1.807) is 0 Å². The molecule has 0 aromatic heterocycles. The van der Waals surface area contributed by atoms with E-state index in [9.17, 15) is 4.79 Å². The Balaban J connectivity index is 2.03. The highest BCUT2D eigenvalue weighted by Gasteiger charge is 2.47. The number of rotatable bonds is 0. The Bertz CT molecular complexity index is 419. The van der Waals surface area contributed by atoms with Crippen LogP contribution < -0.4 is 0 Å². The molecule has 0 spiro atoms. The number of hydrogen-bond donors (Lipinski definition) is 0. The Morgan fingerprint density at radius 2 is 2.00 bits per heavy atom. The van der Waals surface area contributed by atoms with Gasteiger partial charge in [0.15, 0.2) is 0 Å². The number of ether oxygens (including phenoxy) is 1. The lowest BCUT2D eigenvalue weighted by molar-refractivity contribution is -0.138. The third-order valence-electron chi connectivity index (χ3n) is 4.96. The Kier molecular flexibility index (Phi) is 2.42. The summed E-state index contributed by atoms with van der Waals surface area (Å²) in [4.78, 5) is 11.7. The fraction of sp³-hybridized carbons (Fsp3) is 0.667. The van der Waals surface area contributed by atoms with Crippen molar-refractivity contribution in [3.05, 3.63) is 23.3 Å². The molecule has 2 aliphatic carbocycles. The molecule has 1 saturated heterocycles. The van der Waals surface area contributed by atoms with Crippen molar-refractivity contribution in [2.45, 2.75) is 45.6 Å². The zero-order valence-electron chi connectivity index (χ0n) is 10.7. The van der Waals surface area contributed by atoms with Crippen LogP contribution in [0, 0.1) is 17.8 Å². The maximum Gasteiger partial charge on any atom is 0.334 e. The monoisotopic (exact) mass is 232 g/mol. The van der Waals surface area contributed by atoms with Gasteiger partial charge in [0.2, 0.25) is 0 Å². The van der Waals surface area contributed by atoms with Crippen molar-refractivity contribution in [1.82, 2.24) is 0 Å². The minimum absolute atomic E-state index is 0.0208. The van der Waals surface area contributed by atoms with Crippen molar-refractivity contribution in [1.29, 1.82) is 0 Å². The lowest BCUT2D eigenvalue weighted by atomic mass is 9.85. The lowest BCUT2D eigenvalue weighted by Crippen LogP contribution is -2.21. The predicted molar refractivity (Wildman–Crippen MR) is 66.3 cm³/mol. The molecule has 3 aliphatic rings. The van der Waals surface area contributed by atoms with Gasteiger partial charge in [-0.15, -0.1) is 0 Å². The molecule has 1 heterocycles. The van der Waals surface area contributed by atoms with Crippen molar-refractivity contribution in [2.24, 2.45) is 17.8 Å². The van der Waals surface area contributed by atoms with Crippen LogP contribution in [0.15, 0.2) is 23.3 Å². The molecule has 2 nitrogen and oxygen atoms in total. The first-order chi connectivity index (χ1) is 8.09. The van der Waals surface area contributed by atoms with Crippen molar-refractivity contribution in [3.8, 4) is 0 Å². The zero-order chi connectivity index (χ0) is 12.2. The van der Waals surface area contributed by atoms with E-state index in [0.717, 1.165) is 12.3 Å². The Labute approximate surface area is 103 Å². The highest BCUT2D eigenvalue weighted by molar-refractivity contribution is 5.91. The van der Waals surface area contributed by atoms with Crippen LogP contribution in [0.4, 0.5) is 0 Å². The number of fused-ring (bicyclic) bond motifs is 3. The normalized spacial score (nSPS) is 41.1. The van der Waals surface area contributed by atoms with Gasteiger partial charge in [0, 0.05) is 11.5 Å². The molecule has 17 heavy (non-hydrogen) atoms. The first-order valence-corrected chi connectivity index (χ1v) is 6.69. The maximum atomic E-state index is 11.7. The van der Waals surface area contributed by atoms with E-state index in [4.69, 9.17) is 4.74 Å². The fourth-order valence-corrected chi connectivity index (χ4v) is 3.89. The Hall–Kier alpha value is -1.05. The second kappa shape index (κ2) is 3.72. The largest absolute Gasteiger partial charge is 0.454 e. The van der Waals surface area contributed by atoms with Crippen LogP contribution >= 0.6 is 0 Å². The van der Waals surface area contributed by atoms with E-state index in [1.165, 1.54) is 30.4 Å². The van der Waals surface area contributed by atoms with E-state index >= 15 is 0 Å². The lowest BCUT2D eigenvalue weighted by Gasteiger charge is -2.23. The minimum atomic E-state index is -0.166. The van der Waals surface area contributed by atoms with Crippen LogP contribution in [-0.2, 0) is 9.53 Å². The molecule has 0 aromatic carbocycles. The highest BCUT2D eigenvalue weighted by Crippen LogP contribution is 2.49. The molecule has 0 radical (unpaired) electrons. The third kappa shape index (κ3) is 1.50. The number of allylic oxidation sites excluding steroid dienone is 1. The summed E-state index contributed by atoms with van der Waals surface area (Å²) in [5, 5.41) is 0. The zero-order valence-corrected chi connectivity index (χ0v) is 10.7. The first kappa shape index (κ1) is 11.1. The van der Waals surface area contributed by atoms with Crippen molar-refractivity contribution in [2.75, 3.05) is 0 Å². The van der Waals surface area contributed by atoms with Crippen molar-refractivity contribution < 1.29 is 9.53 Å². The van der Waals surface area contributed by atoms with Gasteiger partial charge in [0.25, 0.3) is 0 Å². The summed E-state index contributed by atoms with van der Waals surface area (Å²) in [6.45, 7) is 8.48. The average Bonchev–Trinajstić information content (AvgIpc) is 2.75. The second-order valence-corrected chi connectivity index (χ2v) is 5.89. The molecular weight excluding hydrogens is 212 g/mol. The standard InChI is InChI=1S/C15H20O2/c1-8-4-7-12-10(3)15(16)17-14(12)13-9(2)5-6-11(8)13/h8,11-12,14H,3-7H2,1-2H3/t8-,11-,12+,14-/m1/s1. The summed E-state index contributed by atoms with van der Waals surface area (Å²) in [5.41, 5.74) is 3.60. The molecule has 2 heteroatoms. The number of carbonyl (C=O) groups excluding carboxylic acids is 1. The molecule has 92 valence electrons. The number of hydrogen-bond acceptors (Lipinski definition) is 2. The van der Waals surface area contributed by atoms with Gasteiger partial charge < -0.3 is 4.74 Å². The molecule has 0 amide bonds. The van der Waals surface area contributed by atoms with Crippen LogP contribution in [0.5, 0.6) is 0 Å². The summed E-state index contributed by atoms with van der Waals surface area (Å²) in [6.07, 6.45) is 4.70. The van der Waals surface area contributed by atoms with Gasteiger partial charge in [-0.2, -0.15) is 0 Å². The van der Waals surface area contributed by atoms with Crippen LogP contribution in [0.2, 0.25) is 0 Å². The van der Waals surface area contributed by atoms with Crippen LogP contribution in [0.25, 0.3) is 0 Å². The molecule has 2 fully saturated rings. The summed E-state index contributed by atoms with van der Waals surface area (Å²) < 4.78 is 5.59. The van der Waals surface area contributed by atoms with Gasteiger partial charge in [-0.3, -0.25) is 0 Å². The van der Waals surface area contributed by atoms with Crippen LogP contribution in [0.1, 0.15) is 39.5 Å². The third-order valence-corrected chi connectivity index (χ3v) is 4.96. The molecule has 0 aromatic rings. The highest BCUT2D eigenvalue weighted by atomic mass is 16.6. The SMILES string of the molecule is C=C1C(=O)O[C@H]2C3=C(C)CC[C@@H]3[C@H](C)CC[C@@H]12. The van der Waals surface area contributed by atoms with Gasteiger partial charge in [-0.25, -0.2) is 4.79 Å². The second-order valence-electron chi connectivity index (χ2n) is 5.89. The molecule has 0 N–H and O–H groups in total. The summed E-state index contributed by atoms with van der Waals surface area (Å²) in [7, 11) is 0. The maximum absolute atomic E-state index is 11.7. The van der Waals surface area contributed by atoms with E-state index in [0.29, 0.717) is 11.5 Å². The summed E-state index contributed by atoms with van der Waals surface area (Å²) >= 11 is 0. The number of esters is 1. The van der Waals surface area contributed by atoms with Crippen LogP contribution in [0.3, 0.4) is 0 Å². The van der Waals surface area contributed by atoms with E-state index < -0.39 is 0 Å². The molecule has 1 aliphatic heterocycles. The smallest absolute Gasteiger partial charge is 0.334 e. The quantitative estimate of drug-likeness (QED) is 0.364. The molecule has 0 bridgehead atoms. The topological polar surface area (TPSA) is 26.3 Å². The summed E-state index contributed by atoms with van der Waals surface area (Å²) in [5.74, 6) is 1.45.